The molecule has 3 N–H and O–H groups in total. The molecule has 2 rings (SSSR count). The van der Waals surface area contributed by atoms with E-state index in [1.807, 2.05) is 0 Å². The van der Waals surface area contributed by atoms with Crippen molar-refractivity contribution in [2.45, 2.75) is 25.8 Å². The van der Waals surface area contributed by atoms with E-state index in [4.69, 9.17) is 0 Å². The van der Waals surface area contributed by atoms with Crippen molar-refractivity contribution in [3.63, 3.8) is 0 Å². The third-order valence-corrected chi connectivity index (χ3v) is 2.85. The van der Waals surface area contributed by atoms with Crippen LogP contribution >= 0.6 is 0 Å². The zero-order valence-electron chi connectivity index (χ0n) is 10.1. The molecule has 18 heavy (non-hydrogen) atoms. The van der Waals surface area contributed by atoms with Gasteiger partial charge >= 0.3 is 0 Å². The van der Waals surface area contributed by atoms with Crippen molar-refractivity contribution < 1.29 is 14.7 Å². The van der Waals surface area contributed by atoms with Gasteiger partial charge in [-0.05, 0) is 25.8 Å². The number of nitrogens with one attached hydrogen (secondary N) is 2. The number of carbonyl (C=O) groups is 2. The highest BCUT2D eigenvalue weighted by Gasteiger charge is 2.25. The Balaban J connectivity index is 2.11. The molecule has 0 spiro atoms. The van der Waals surface area contributed by atoms with E-state index in [-0.39, 0.29) is 17.2 Å². The number of hydrogen-bond acceptors (Lipinski definition) is 4. The average Bonchev–Trinajstić information content (AvgIpc) is 2.35. The lowest BCUT2D eigenvalue weighted by Crippen LogP contribution is -2.50. The van der Waals surface area contributed by atoms with Crippen molar-refractivity contribution in [3.8, 4) is 5.75 Å². The van der Waals surface area contributed by atoms with Gasteiger partial charge < -0.3 is 15.7 Å². The van der Waals surface area contributed by atoms with Crippen molar-refractivity contribution in [3.05, 3.63) is 23.5 Å². The molecular weight excluding hydrogens is 234 g/mol. The highest BCUT2D eigenvalue weighted by molar-refractivity contribution is 5.99. The van der Waals surface area contributed by atoms with E-state index >= 15 is 0 Å². The third-order valence-electron chi connectivity index (χ3n) is 2.85. The van der Waals surface area contributed by atoms with E-state index in [9.17, 15) is 14.7 Å². The number of amides is 2. The average molecular weight is 249 g/mol. The SMILES string of the molecule is Cc1cc(C(=O)N[C@@H]2CCCNC2=O)c(O)cn1. The van der Waals surface area contributed by atoms with Gasteiger partial charge in [0, 0.05) is 12.2 Å². The molecule has 0 radical (unpaired) electrons. The minimum absolute atomic E-state index is 0.140. The summed E-state index contributed by atoms with van der Waals surface area (Å²) in [6.07, 6.45) is 2.67. The molecule has 2 heterocycles. The van der Waals surface area contributed by atoms with Gasteiger partial charge in [0.25, 0.3) is 5.91 Å². The standard InChI is InChI=1S/C12H15N3O3/c1-7-5-8(10(16)6-14-7)11(17)15-9-3-2-4-13-12(9)18/h5-6,9,16H,2-4H2,1H3,(H,13,18)(H,15,17)/t9-/m1/s1. The van der Waals surface area contributed by atoms with Gasteiger partial charge in [0.05, 0.1) is 11.8 Å². The summed E-state index contributed by atoms with van der Waals surface area (Å²) in [5, 5.41) is 14.9. The van der Waals surface area contributed by atoms with Crippen molar-refractivity contribution in [2.24, 2.45) is 0 Å². The largest absolute Gasteiger partial charge is 0.505 e. The molecule has 1 atom stereocenters. The van der Waals surface area contributed by atoms with Crippen LogP contribution in [0.15, 0.2) is 12.3 Å². The number of aryl methyl sites for hydroxylation is 1. The van der Waals surface area contributed by atoms with Crippen LogP contribution in [0.25, 0.3) is 0 Å². The van der Waals surface area contributed by atoms with Gasteiger partial charge in [0.2, 0.25) is 5.91 Å². The third kappa shape index (κ3) is 2.58. The quantitative estimate of drug-likeness (QED) is 0.693. The van der Waals surface area contributed by atoms with Gasteiger partial charge in [0.1, 0.15) is 11.8 Å². The smallest absolute Gasteiger partial charge is 0.255 e. The number of rotatable bonds is 2. The van der Waals surface area contributed by atoms with Gasteiger partial charge in [-0.25, -0.2) is 0 Å². The van der Waals surface area contributed by atoms with Gasteiger partial charge in [-0.1, -0.05) is 0 Å². The number of aromatic nitrogens is 1. The van der Waals surface area contributed by atoms with Gasteiger partial charge in [-0.15, -0.1) is 0 Å². The van der Waals surface area contributed by atoms with E-state index in [1.165, 1.54) is 12.3 Å². The minimum Gasteiger partial charge on any atom is -0.505 e. The number of nitrogens with zero attached hydrogens (tertiary/aromatic N) is 1. The first-order valence-corrected chi connectivity index (χ1v) is 5.82. The Hall–Kier alpha value is -2.11. The van der Waals surface area contributed by atoms with E-state index < -0.39 is 11.9 Å². The molecule has 1 aromatic heterocycles. The van der Waals surface area contributed by atoms with Crippen molar-refractivity contribution in [1.82, 2.24) is 15.6 Å². The number of hydrogen-bond donors (Lipinski definition) is 3. The van der Waals surface area contributed by atoms with Gasteiger partial charge in [-0.3, -0.25) is 14.6 Å². The topological polar surface area (TPSA) is 91.3 Å². The Bertz CT molecular complexity index is 487. The van der Waals surface area contributed by atoms with Crippen molar-refractivity contribution in [2.75, 3.05) is 6.54 Å². The summed E-state index contributed by atoms with van der Waals surface area (Å²) in [6.45, 7) is 2.37. The monoisotopic (exact) mass is 249 g/mol. The molecule has 96 valence electrons. The molecule has 1 aliphatic heterocycles. The number of piperidine rings is 1. The fourth-order valence-electron chi connectivity index (χ4n) is 1.88. The van der Waals surface area contributed by atoms with Gasteiger partial charge in [0.15, 0.2) is 0 Å². The maximum atomic E-state index is 12.0. The number of carbonyl (C=O) groups excluding carboxylic acids is 2. The first-order chi connectivity index (χ1) is 8.58. The second kappa shape index (κ2) is 5.03. The molecule has 2 amide bonds. The molecular formula is C12H15N3O3. The Morgan fingerprint density at radius 1 is 1.61 bits per heavy atom. The molecule has 0 unspecified atom stereocenters. The Kier molecular flexibility index (Phi) is 3.45. The molecule has 0 bridgehead atoms. The molecule has 1 saturated heterocycles. The highest BCUT2D eigenvalue weighted by atomic mass is 16.3. The Morgan fingerprint density at radius 2 is 2.39 bits per heavy atom. The van der Waals surface area contributed by atoms with Crippen LogP contribution in [0.5, 0.6) is 5.75 Å². The predicted molar refractivity (Wildman–Crippen MR) is 64.1 cm³/mol. The molecule has 1 aromatic rings. The van der Waals surface area contributed by atoms with Crippen LogP contribution in [-0.2, 0) is 4.79 Å². The minimum atomic E-state index is -0.529. The summed E-state index contributed by atoms with van der Waals surface area (Å²) in [4.78, 5) is 27.3. The number of pyridine rings is 1. The van der Waals surface area contributed by atoms with Crippen LogP contribution in [0.1, 0.15) is 28.9 Å². The number of aromatic hydroxyl groups is 1. The summed E-state index contributed by atoms with van der Waals surface area (Å²) < 4.78 is 0. The lowest BCUT2D eigenvalue weighted by molar-refractivity contribution is -0.124. The van der Waals surface area contributed by atoms with Crippen LogP contribution in [-0.4, -0.2) is 34.5 Å². The molecule has 6 nitrogen and oxygen atoms in total. The molecule has 1 aliphatic rings. The van der Waals surface area contributed by atoms with Crippen molar-refractivity contribution >= 4 is 11.8 Å². The summed E-state index contributed by atoms with van der Waals surface area (Å²) >= 11 is 0. The molecule has 0 aromatic carbocycles. The fourth-order valence-corrected chi connectivity index (χ4v) is 1.88. The maximum Gasteiger partial charge on any atom is 0.255 e. The first-order valence-electron chi connectivity index (χ1n) is 5.82. The van der Waals surface area contributed by atoms with Crippen LogP contribution in [0.3, 0.4) is 0 Å². The normalized spacial score (nSPS) is 19.2. The lowest BCUT2D eigenvalue weighted by atomic mass is 10.1. The Morgan fingerprint density at radius 3 is 3.11 bits per heavy atom. The summed E-state index contributed by atoms with van der Waals surface area (Å²) in [7, 11) is 0. The summed E-state index contributed by atoms with van der Waals surface area (Å²) in [5.41, 5.74) is 0.770. The zero-order chi connectivity index (χ0) is 13.1. The van der Waals surface area contributed by atoms with Crippen LogP contribution < -0.4 is 10.6 Å². The first kappa shape index (κ1) is 12.3. The summed E-state index contributed by atoms with van der Waals surface area (Å²) in [6, 6.07) is 0.963. The zero-order valence-corrected chi connectivity index (χ0v) is 10.1. The lowest BCUT2D eigenvalue weighted by Gasteiger charge is -2.22. The van der Waals surface area contributed by atoms with E-state index in [0.29, 0.717) is 18.7 Å². The predicted octanol–water partition coefficient (Wildman–Crippen LogP) is 0.104. The van der Waals surface area contributed by atoms with E-state index in [0.717, 1.165) is 6.42 Å². The van der Waals surface area contributed by atoms with Crippen molar-refractivity contribution in [1.29, 1.82) is 0 Å². The molecule has 0 aliphatic carbocycles. The van der Waals surface area contributed by atoms with Crippen LogP contribution in [0.2, 0.25) is 0 Å². The molecule has 6 heteroatoms. The fraction of sp³-hybridized carbons (Fsp3) is 0.417. The second-order valence-electron chi connectivity index (χ2n) is 4.30. The van der Waals surface area contributed by atoms with Crippen LogP contribution in [0, 0.1) is 6.92 Å². The molecule has 1 fully saturated rings. The molecule has 0 saturated carbocycles. The summed E-state index contributed by atoms with van der Waals surface area (Å²) in [5.74, 6) is -0.825. The maximum absolute atomic E-state index is 12.0. The highest BCUT2D eigenvalue weighted by Crippen LogP contribution is 2.16. The van der Waals surface area contributed by atoms with Crippen LogP contribution in [0.4, 0.5) is 0 Å². The Labute approximate surface area is 104 Å². The second-order valence-corrected chi connectivity index (χ2v) is 4.30. The van der Waals surface area contributed by atoms with Gasteiger partial charge in [-0.2, -0.15) is 0 Å². The van der Waals surface area contributed by atoms with E-state index in [2.05, 4.69) is 15.6 Å². The van der Waals surface area contributed by atoms with E-state index in [1.54, 1.807) is 6.92 Å².